The van der Waals surface area contributed by atoms with Crippen LogP contribution in [0.3, 0.4) is 0 Å². The summed E-state index contributed by atoms with van der Waals surface area (Å²) >= 11 is 0. The van der Waals surface area contributed by atoms with Gasteiger partial charge in [0.25, 0.3) is 0 Å². The number of benzene rings is 2. The third-order valence-electron chi connectivity index (χ3n) is 3.79. The lowest BCUT2D eigenvalue weighted by Crippen LogP contribution is -2.16. The predicted octanol–water partition coefficient (Wildman–Crippen LogP) is 3.07. The van der Waals surface area contributed by atoms with Crippen LogP contribution in [0.5, 0.6) is 11.5 Å². The normalized spacial score (nSPS) is 10.7. The highest BCUT2D eigenvalue weighted by Crippen LogP contribution is 2.27. The van der Waals surface area contributed by atoms with E-state index in [1.54, 1.807) is 19.1 Å². The second-order valence-corrected chi connectivity index (χ2v) is 5.56. The maximum absolute atomic E-state index is 13.4. The Bertz CT molecular complexity index is 1020. The molecule has 1 heterocycles. The van der Waals surface area contributed by atoms with Crippen molar-refractivity contribution in [3.05, 3.63) is 69.8 Å². The summed E-state index contributed by atoms with van der Waals surface area (Å²) in [4.78, 5) is 23.5. The Morgan fingerprint density at radius 1 is 1.23 bits per heavy atom. The Morgan fingerprint density at radius 2 is 2.00 bits per heavy atom. The minimum Gasteiger partial charge on any atom is -0.508 e. The molecule has 0 unspecified atom stereocenters. The van der Waals surface area contributed by atoms with Gasteiger partial charge in [-0.25, -0.2) is 14.0 Å². The first kappa shape index (κ1) is 17.5. The Balaban J connectivity index is 1.71. The second-order valence-electron chi connectivity index (χ2n) is 5.56. The van der Waals surface area contributed by atoms with Crippen molar-refractivity contribution in [3.8, 4) is 11.5 Å². The summed E-state index contributed by atoms with van der Waals surface area (Å²) in [5, 5.41) is 10.3. The fourth-order valence-corrected chi connectivity index (χ4v) is 2.43. The monoisotopic (exact) mass is 358 g/mol. The molecular formula is C19H15FO6. The molecule has 0 atom stereocenters. The highest BCUT2D eigenvalue weighted by Gasteiger charge is 2.13. The van der Waals surface area contributed by atoms with Gasteiger partial charge in [-0.2, -0.15) is 0 Å². The molecule has 2 aromatic carbocycles. The van der Waals surface area contributed by atoms with E-state index < -0.39 is 24.0 Å². The lowest BCUT2D eigenvalue weighted by molar-refractivity contribution is -0.147. The topological polar surface area (TPSA) is 86.0 Å². The molecule has 26 heavy (non-hydrogen) atoms. The van der Waals surface area contributed by atoms with Crippen molar-refractivity contribution in [2.45, 2.75) is 13.5 Å². The molecule has 1 aromatic heterocycles. The summed E-state index contributed by atoms with van der Waals surface area (Å²) < 4.78 is 28.7. The number of ether oxygens (including phenoxy) is 2. The first-order valence-electron chi connectivity index (χ1n) is 7.74. The van der Waals surface area contributed by atoms with Crippen LogP contribution in [0.25, 0.3) is 11.0 Å². The van der Waals surface area contributed by atoms with E-state index in [-0.39, 0.29) is 23.7 Å². The van der Waals surface area contributed by atoms with Gasteiger partial charge in [0.05, 0.1) is 0 Å². The minimum absolute atomic E-state index is 0.00641. The highest BCUT2D eigenvalue weighted by atomic mass is 19.1. The summed E-state index contributed by atoms with van der Waals surface area (Å²) in [7, 11) is 0. The second kappa shape index (κ2) is 7.26. The molecule has 6 nitrogen and oxygen atoms in total. The van der Waals surface area contributed by atoms with Crippen molar-refractivity contribution in [2.24, 2.45) is 0 Å². The van der Waals surface area contributed by atoms with Gasteiger partial charge in [-0.3, -0.25) is 0 Å². The van der Waals surface area contributed by atoms with Gasteiger partial charge in [-0.1, -0.05) is 12.1 Å². The van der Waals surface area contributed by atoms with Gasteiger partial charge in [0.2, 0.25) is 0 Å². The van der Waals surface area contributed by atoms with Crippen LogP contribution in [0.2, 0.25) is 0 Å². The van der Waals surface area contributed by atoms with Crippen molar-refractivity contribution >= 4 is 16.9 Å². The Hall–Kier alpha value is -3.35. The maximum Gasteiger partial charge on any atom is 0.344 e. The number of aryl methyl sites for hydroxylation is 1. The van der Waals surface area contributed by atoms with E-state index in [9.17, 15) is 19.1 Å². The molecule has 0 saturated heterocycles. The third-order valence-corrected chi connectivity index (χ3v) is 3.79. The van der Waals surface area contributed by atoms with E-state index in [1.807, 2.05) is 0 Å². The molecule has 3 aromatic rings. The van der Waals surface area contributed by atoms with E-state index in [4.69, 9.17) is 13.9 Å². The molecule has 0 amide bonds. The predicted molar refractivity (Wildman–Crippen MR) is 90.6 cm³/mol. The van der Waals surface area contributed by atoms with Crippen LogP contribution in [0.4, 0.5) is 4.39 Å². The number of esters is 1. The van der Waals surface area contributed by atoms with E-state index in [0.29, 0.717) is 16.5 Å². The summed E-state index contributed by atoms with van der Waals surface area (Å²) in [6.45, 7) is 0.949. The van der Waals surface area contributed by atoms with Gasteiger partial charge >= 0.3 is 11.6 Å². The van der Waals surface area contributed by atoms with Gasteiger partial charge in [-0.15, -0.1) is 0 Å². The molecule has 134 valence electrons. The number of carbonyl (C=O) groups excluding carboxylic acids is 1. The number of para-hydroxylation sites is 1. The van der Waals surface area contributed by atoms with Crippen LogP contribution < -0.4 is 10.4 Å². The van der Waals surface area contributed by atoms with E-state index in [1.165, 1.54) is 30.3 Å². The number of phenols is 1. The van der Waals surface area contributed by atoms with Crippen molar-refractivity contribution in [1.82, 2.24) is 0 Å². The van der Waals surface area contributed by atoms with Crippen LogP contribution in [0.1, 0.15) is 11.1 Å². The largest absolute Gasteiger partial charge is 0.508 e. The number of rotatable bonds is 5. The molecule has 0 aliphatic rings. The number of hydrogen-bond acceptors (Lipinski definition) is 6. The number of phenolic OH excluding ortho intramolecular Hbond substituents is 1. The zero-order valence-electron chi connectivity index (χ0n) is 13.8. The fraction of sp³-hybridized carbons (Fsp3) is 0.158. The zero-order valence-corrected chi connectivity index (χ0v) is 13.8. The molecule has 0 aliphatic carbocycles. The number of carbonyl (C=O) groups is 1. The quantitative estimate of drug-likeness (QED) is 0.557. The van der Waals surface area contributed by atoms with E-state index in [0.717, 1.165) is 0 Å². The molecule has 3 rings (SSSR count). The molecule has 0 fully saturated rings. The summed E-state index contributed by atoms with van der Waals surface area (Å²) in [6, 6.07) is 9.94. The molecule has 1 N–H and O–H groups in total. The smallest absolute Gasteiger partial charge is 0.344 e. The fourth-order valence-electron chi connectivity index (χ4n) is 2.43. The molecule has 0 aliphatic heterocycles. The molecule has 0 radical (unpaired) electrons. The first-order valence-corrected chi connectivity index (χ1v) is 7.74. The Morgan fingerprint density at radius 3 is 2.77 bits per heavy atom. The highest BCUT2D eigenvalue weighted by molar-refractivity contribution is 5.85. The van der Waals surface area contributed by atoms with Crippen molar-refractivity contribution in [2.75, 3.05) is 6.61 Å². The summed E-state index contributed by atoms with van der Waals surface area (Å²) in [5.41, 5.74) is 0.445. The molecule has 7 heteroatoms. The van der Waals surface area contributed by atoms with Gasteiger partial charge in [0.15, 0.2) is 18.2 Å². The van der Waals surface area contributed by atoms with Crippen LogP contribution in [-0.2, 0) is 16.1 Å². The van der Waals surface area contributed by atoms with Crippen LogP contribution >= 0.6 is 0 Å². The lowest BCUT2D eigenvalue weighted by Gasteiger charge is -2.10. The molecule has 0 saturated carbocycles. The Kier molecular flexibility index (Phi) is 4.88. The number of halogens is 1. The van der Waals surface area contributed by atoms with Gasteiger partial charge in [0.1, 0.15) is 17.9 Å². The number of hydrogen-bond donors (Lipinski definition) is 1. The average molecular weight is 358 g/mol. The molecule has 0 spiro atoms. The van der Waals surface area contributed by atoms with Crippen molar-refractivity contribution < 1.29 is 28.2 Å². The number of aromatic hydroxyl groups is 1. The van der Waals surface area contributed by atoms with E-state index >= 15 is 0 Å². The molecule has 0 bridgehead atoms. The summed E-state index contributed by atoms with van der Waals surface area (Å²) in [5.74, 6) is -1.36. The van der Waals surface area contributed by atoms with Crippen molar-refractivity contribution in [1.29, 1.82) is 0 Å². The number of fused-ring (bicyclic) bond motifs is 1. The van der Waals surface area contributed by atoms with Crippen LogP contribution in [0, 0.1) is 12.7 Å². The first-order chi connectivity index (χ1) is 12.5. The standard InChI is InChI=1S/C19H15FO6/c1-11-15(21)7-6-13-12(8-17(22)26-19(11)13)9-25-18(23)10-24-16-5-3-2-4-14(16)20/h2-8,21H,9-10H2,1H3. The van der Waals surface area contributed by atoms with Gasteiger partial charge in [0, 0.05) is 22.6 Å². The lowest BCUT2D eigenvalue weighted by atomic mass is 10.1. The van der Waals surface area contributed by atoms with Gasteiger partial charge in [-0.05, 0) is 31.2 Å². The minimum atomic E-state index is -0.717. The SMILES string of the molecule is Cc1c(O)ccc2c(COC(=O)COc3ccccc3F)cc(=O)oc12. The van der Waals surface area contributed by atoms with E-state index in [2.05, 4.69) is 0 Å². The van der Waals surface area contributed by atoms with Crippen LogP contribution in [-0.4, -0.2) is 17.7 Å². The zero-order chi connectivity index (χ0) is 18.7. The summed E-state index contributed by atoms with van der Waals surface area (Å²) in [6.07, 6.45) is 0. The van der Waals surface area contributed by atoms with Crippen LogP contribution in [0.15, 0.2) is 51.7 Å². The third kappa shape index (κ3) is 3.66. The van der Waals surface area contributed by atoms with Crippen molar-refractivity contribution in [3.63, 3.8) is 0 Å². The van der Waals surface area contributed by atoms with Gasteiger partial charge < -0.3 is 19.0 Å². The Labute approximate surface area is 147 Å². The average Bonchev–Trinajstić information content (AvgIpc) is 2.62. The molecular weight excluding hydrogens is 343 g/mol. The maximum atomic E-state index is 13.4.